The molecule has 0 saturated heterocycles. The second-order valence-corrected chi connectivity index (χ2v) is 9.16. The van der Waals surface area contributed by atoms with Gasteiger partial charge in [0.15, 0.2) is 0 Å². The number of pyridine rings is 1. The topological polar surface area (TPSA) is 65.3 Å². The smallest absolute Gasteiger partial charge is 0.235 e. The number of hydrogen-bond acceptors (Lipinski definition) is 6. The molecule has 7 heteroatoms. The number of rotatable bonds is 6. The van der Waals surface area contributed by atoms with Gasteiger partial charge in [0.2, 0.25) is 11.8 Å². The van der Waals surface area contributed by atoms with Crippen molar-refractivity contribution < 1.29 is 14.2 Å². The molecule has 2 unspecified atom stereocenters. The van der Waals surface area contributed by atoms with Gasteiger partial charge in [-0.15, -0.1) is 0 Å². The number of aromatic nitrogens is 1. The molecule has 0 saturated carbocycles. The number of hydrogen-bond donors (Lipinski definition) is 0. The van der Waals surface area contributed by atoms with Gasteiger partial charge in [-0.1, -0.05) is 43.6 Å². The van der Waals surface area contributed by atoms with Crippen LogP contribution in [0.1, 0.15) is 39.1 Å². The van der Waals surface area contributed by atoms with Crippen LogP contribution in [0.5, 0.6) is 11.5 Å². The molecule has 1 aromatic heterocycles. The Balaban J connectivity index is 1.70. The standard InChI is InChI=1S/C23H26BrN3O3/c1-13(2)20-11-28-22(26-20)18-9-17(30-16-7-5-15(24)6-8-16)10-19(25-18)23-27-21(12-29-23)14(3)4/h5-10,13-14,20-21H,11-12H2,1-4H3. The summed E-state index contributed by atoms with van der Waals surface area (Å²) in [6.45, 7) is 9.68. The molecule has 0 bridgehead atoms. The Kier molecular flexibility index (Phi) is 6.09. The van der Waals surface area contributed by atoms with Crippen LogP contribution in [0, 0.1) is 11.8 Å². The number of aliphatic imine (C=N–C) groups is 2. The van der Waals surface area contributed by atoms with E-state index in [1.165, 1.54) is 0 Å². The number of nitrogens with zero attached hydrogens (tertiary/aromatic N) is 3. The highest BCUT2D eigenvalue weighted by Crippen LogP contribution is 2.27. The highest BCUT2D eigenvalue weighted by molar-refractivity contribution is 9.10. The first-order chi connectivity index (χ1) is 14.4. The number of benzene rings is 1. The molecule has 0 amide bonds. The van der Waals surface area contributed by atoms with Gasteiger partial charge in [-0.05, 0) is 36.1 Å². The van der Waals surface area contributed by atoms with Gasteiger partial charge in [-0.2, -0.15) is 0 Å². The van der Waals surface area contributed by atoms with Gasteiger partial charge in [0, 0.05) is 16.6 Å². The largest absolute Gasteiger partial charge is 0.474 e. The van der Waals surface area contributed by atoms with Gasteiger partial charge in [0.05, 0.1) is 12.1 Å². The second kappa shape index (κ2) is 8.76. The highest BCUT2D eigenvalue weighted by Gasteiger charge is 2.27. The second-order valence-electron chi connectivity index (χ2n) is 8.24. The lowest BCUT2D eigenvalue weighted by molar-refractivity contribution is 0.290. The minimum absolute atomic E-state index is 0.131. The lowest BCUT2D eigenvalue weighted by Crippen LogP contribution is -2.13. The summed E-state index contributed by atoms with van der Waals surface area (Å²) in [6.07, 6.45) is 0. The van der Waals surface area contributed by atoms with Crippen molar-refractivity contribution in [1.82, 2.24) is 4.98 Å². The van der Waals surface area contributed by atoms with Crippen molar-refractivity contribution in [2.45, 2.75) is 39.8 Å². The zero-order valence-electron chi connectivity index (χ0n) is 17.6. The molecule has 0 aliphatic carbocycles. The summed E-state index contributed by atoms with van der Waals surface area (Å²) in [5.41, 5.74) is 1.25. The van der Waals surface area contributed by atoms with Crippen molar-refractivity contribution in [2.24, 2.45) is 21.8 Å². The molecule has 0 N–H and O–H groups in total. The summed E-state index contributed by atoms with van der Waals surface area (Å²) in [6, 6.07) is 11.6. The van der Waals surface area contributed by atoms with Crippen LogP contribution in [0.4, 0.5) is 0 Å². The molecule has 2 aromatic rings. The molecular formula is C23H26BrN3O3. The van der Waals surface area contributed by atoms with Gasteiger partial charge < -0.3 is 14.2 Å². The summed E-state index contributed by atoms with van der Waals surface area (Å²) >= 11 is 3.45. The molecule has 2 aliphatic rings. The van der Waals surface area contributed by atoms with E-state index < -0.39 is 0 Å². The van der Waals surface area contributed by atoms with E-state index >= 15 is 0 Å². The third-order valence-electron chi connectivity index (χ3n) is 5.17. The van der Waals surface area contributed by atoms with Crippen molar-refractivity contribution in [2.75, 3.05) is 13.2 Å². The first kappa shape index (κ1) is 20.8. The van der Waals surface area contributed by atoms with Crippen LogP contribution >= 0.6 is 15.9 Å². The fraction of sp³-hybridized carbons (Fsp3) is 0.435. The summed E-state index contributed by atoms with van der Waals surface area (Å²) in [4.78, 5) is 14.2. The summed E-state index contributed by atoms with van der Waals surface area (Å²) in [5.74, 6) is 3.24. The van der Waals surface area contributed by atoms with Crippen LogP contribution in [0.2, 0.25) is 0 Å². The van der Waals surface area contributed by atoms with E-state index in [0.29, 0.717) is 54.0 Å². The van der Waals surface area contributed by atoms with Crippen LogP contribution in [0.3, 0.4) is 0 Å². The molecule has 3 heterocycles. The molecule has 2 atom stereocenters. The van der Waals surface area contributed by atoms with Crippen LogP contribution in [-0.2, 0) is 9.47 Å². The molecule has 0 radical (unpaired) electrons. The zero-order valence-corrected chi connectivity index (χ0v) is 19.2. The monoisotopic (exact) mass is 471 g/mol. The first-order valence-electron chi connectivity index (χ1n) is 10.3. The van der Waals surface area contributed by atoms with E-state index in [-0.39, 0.29) is 12.1 Å². The van der Waals surface area contributed by atoms with E-state index in [1.54, 1.807) is 0 Å². The maximum Gasteiger partial charge on any atom is 0.235 e. The first-order valence-corrected chi connectivity index (χ1v) is 11.1. The van der Waals surface area contributed by atoms with Crippen LogP contribution in [-0.4, -0.2) is 42.1 Å². The van der Waals surface area contributed by atoms with E-state index in [4.69, 9.17) is 29.2 Å². The fourth-order valence-corrected chi connectivity index (χ4v) is 3.43. The van der Waals surface area contributed by atoms with Crippen LogP contribution in [0.15, 0.2) is 50.9 Å². The average molecular weight is 472 g/mol. The third-order valence-corrected chi connectivity index (χ3v) is 5.70. The molecule has 2 aliphatic heterocycles. The fourth-order valence-electron chi connectivity index (χ4n) is 3.16. The van der Waals surface area contributed by atoms with E-state index in [1.807, 2.05) is 36.4 Å². The maximum atomic E-state index is 6.10. The Labute approximate surface area is 185 Å². The Hall–Kier alpha value is -2.41. The molecule has 1 aromatic carbocycles. The molecule has 158 valence electrons. The molecule has 0 spiro atoms. The van der Waals surface area contributed by atoms with E-state index in [0.717, 1.165) is 10.2 Å². The average Bonchev–Trinajstić information content (AvgIpc) is 3.40. The Morgan fingerprint density at radius 3 is 1.77 bits per heavy atom. The lowest BCUT2D eigenvalue weighted by Gasteiger charge is -2.10. The third kappa shape index (κ3) is 4.67. The van der Waals surface area contributed by atoms with Gasteiger partial charge >= 0.3 is 0 Å². The molecule has 6 nitrogen and oxygen atoms in total. The maximum absolute atomic E-state index is 6.10. The predicted octanol–water partition coefficient (Wildman–Crippen LogP) is 5.24. The molecule has 4 rings (SSSR count). The number of halogens is 1. The van der Waals surface area contributed by atoms with Crippen molar-refractivity contribution in [3.63, 3.8) is 0 Å². The lowest BCUT2D eigenvalue weighted by atomic mass is 10.1. The summed E-state index contributed by atoms with van der Waals surface area (Å²) in [7, 11) is 0. The predicted molar refractivity (Wildman–Crippen MR) is 121 cm³/mol. The van der Waals surface area contributed by atoms with Gasteiger partial charge in [-0.25, -0.2) is 15.0 Å². The van der Waals surface area contributed by atoms with Crippen molar-refractivity contribution in [1.29, 1.82) is 0 Å². The normalized spacial score (nSPS) is 20.8. The minimum Gasteiger partial charge on any atom is -0.474 e. The summed E-state index contributed by atoms with van der Waals surface area (Å²) in [5, 5.41) is 0. The molecule has 30 heavy (non-hydrogen) atoms. The summed E-state index contributed by atoms with van der Waals surface area (Å²) < 4.78 is 18.8. The SMILES string of the molecule is CC(C)C1COC(c2cc(Oc3ccc(Br)cc3)cc(C3=NC(C(C)C)CO3)n2)=N1. The van der Waals surface area contributed by atoms with Crippen LogP contribution < -0.4 is 4.74 Å². The Morgan fingerprint density at radius 1 is 0.833 bits per heavy atom. The van der Waals surface area contributed by atoms with Crippen molar-refractivity contribution >= 4 is 27.7 Å². The van der Waals surface area contributed by atoms with Crippen molar-refractivity contribution in [3.05, 3.63) is 52.3 Å². The number of ether oxygens (including phenoxy) is 3. The van der Waals surface area contributed by atoms with Gasteiger partial charge in [0.1, 0.15) is 36.1 Å². The highest BCUT2D eigenvalue weighted by atomic mass is 79.9. The van der Waals surface area contributed by atoms with Crippen molar-refractivity contribution in [3.8, 4) is 11.5 Å². The van der Waals surface area contributed by atoms with Crippen LogP contribution in [0.25, 0.3) is 0 Å². The minimum atomic E-state index is 0.131. The van der Waals surface area contributed by atoms with Gasteiger partial charge in [-0.3, -0.25) is 0 Å². The Morgan fingerprint density at radius 2 is 1.33 bits per heavy atom. The van der Waals surface area contributed by atoms with Gasteiger partial charge in [0.25, 0.3) is 0 Å². The molecular weight excluding hydrogens is 446 g/mol. The zero-order chi connectivity index (χ0) is 21.3. The van der Waals surface area contributed by atoms with E-state index in [9.17, 15) is 0 Å². The molecule has 0 fully saturated rings. The quantitative estimate of drug-likeness (QED) is 0.577. The van der Waals surface area contributed by atoms with E-state index in [2.05, 4.69) is 43.6 Å². The Bertz CT molecular complexity index is 918.